The molecule has 2 N–H and O–H groups in total. The van der Waals surface area contributed by atoms with Crippen molar-refractivity contribution >= 4 is 48.4 Å². The summed E-state index contributed by atoms with van der Waals surface area (Å²) in [6.45, 7) is 10.9. The first kappa shape index (κ1) is 22.8. The maximum atomic E-state index is 11.6. The lowest BCUT2D eigenvalue weighted by Gasteiger charge is -2.07. The fourth-order valence-corrected chi connectivity index (χ4v) is 9.04. The van der Waals surface area contributed by atoms with Gasteiger partial charge in [0, 0.05) is 49.7 Å². The second kappa shape index (κ2) is 15.3. The molecule has 0 unspecified atom stereocenters. The standard InChI is InChI=1S/C15H34N2O2Si4/c1-22(2)12-20-9-5-7-16-14(18)11-15(19)17-8-6-10-21-13-23(3)4/h22-23H,5-13H2,1-4H3,(H,16,18)(H,17,19). The van der Waals surface area contributed by atoms with Crippen LogP contribution in [0.3, 0.4) is 0 Å². The Labute approximate surface area is 150 Å². The lowest BCUT2D eigenvalue weighted by atomic mass is 10.3. The maximum Gasteiger partial charge on any atom is 0.229 e. The molecule has 4 nitrogen and oxygen atoms in total. The molecule has 132 valence electrons. The summed E-state index contributed by atoms with van der Waals surface area (Å²) in [6.07, 6.45) is 2.04. The van der Waals surface area contributed by atoms with Gasteiger partial charge in [-0.05, 0) is 12.8 Å². The van der Waals surface area contributed by atoms with E-state index in [4.69, 9.17) is 0 Å². The van der Waals surface area contributed by atoms with Crippen molar-refractivity contribution in [2.24, 2.45) is 0 Å². The predicted molar refractivity (Wildman–Crippen MR) is 108 cm³/mol. The summed E-state index contributed by atoms with van der Waals surface area (Å²) in [7, 11) is 1.27. The number of amides is 2. The van der Waals surface area contributed by atoms with Gasteiger partial charge in [-0.15, -0.1) is 0 Å². The average molecular weight is 387 g/mol. The zero-order chi connectivity index (χ0) is 17.5. The van der Waals surface area contributed by atoms with Crippen LogP contribution < -0.4 is 10.6 Å². The minimum atomic E-state index is -0.411. The minimum absolute atomic E-state index is 0.0254. The molecule has 0 aromatic heterocycles. The van der Waals surface area contributed by atoms with Crippen molar-refractivity contribution < 1.29 is 9.59 Å². The zero-order valence-electron chi connectivity index (χ0n) is 15.3. The summed E-state index contributed by atoms with van der Waals surface area (Å²) < 4.78 is 0. The summed E-state index contributed by atoms with van der Waals surface area (Å²) >= 11 is 0. The average Bonchev–Trinajstić information content (AvgIpc) is 2.45. The second-order valence-corrected chi connectivity index (χ2v) is 17.6. The van der Waals surface area contributed by atoms with Gasteiger partial charge in [0.15, 0.2) is 0 Å². The van der Waals surface area contributed by atoms with Crippen molar-refractivity contribution in [3.05, 3.63) is 0 Å². The number of carbonyl (C=O) groups is 2. The minimum Gasteiger partial charge on any atom is -0.356 e. The van der Waals surface area contributed by atoms with Gasteiger partial charge in [-0.2, -0.15) is 0 Å². The summed E-state index contributed by atoms with van der Waals surface area (Å²) in [4.78, 5) is 23.3. The Morgan fingerprint density at radius 3 is 1.52 bits per heavy atom. The third-order valence-corrected chi connectivity index (χ3v) is 13.4. The Kier molecular flexibility index (Phi) is 15.2. The quantitative estimate of drug-likeness (QED) is 0.270. The van der Waals surface area contributed by atoms with Crippen LogP contribution in [0, 0.1) is 0 Å². The molecule has 4 radical (unpaired) electrons. The van der Waals surface area contributed by atoms with E-state index in [1.54, 1.807) is 0 Å². The molecular formula is C15H34N2O2Si4. The fraction of sp³-hybridized carbons (Fsp3) is 0.867. The van der Waals surface area contributed by atoms with Crippen molar-refractivity contribution in [1.82, 2.24) is 10.6 Å². The number of rotatable bonds is 14. The van der Waals surface area contributed by atoms with E-state index in [1.807, 2.05) is 0 Å². The van der Waals surface area contributed by atoms with Crippen LogP contribution in [0.25, 0.3) is 0 Å². The fourth-order valence-electron chi connectivity index (χ4n) is 1.93. The van der Waals surface area contributed by atoms with Gasteiger partial charge in [0.1, 0.15) is 6.42 Å². The van der Waals surface area contributed by atoms with Crippen LogP contribution in [0.4, 0.5) is 0 Å². The first-order valence-electron chi connectivity index (χ1n) is 8.86. The van der Waals surface area contributed by atoms with Gasteiger partial charge in [-0.1, -0.05) is 49.6 Å². The third-order valence-electron chi connectivity index (χ3n) is 3.13. The van der Waals surface area contributed by atoms with Crippen LogP contribution in [-0.2, 0) is 9.59 Å². The second-order valence-electron chi connectivity index (χ2n) is 6.78. The van der Waals surface area contributed by atoms with Crippen molar-refractivity contribution in [2.45, 2.75) is 68.9 Å². The summed E-state index contributed by atoms with van der Waals surface area (Å²) in [5.41, 5.74) is 2.83. The monoisotopic (exact) mass is 386 g/mol. The van der Waals surface area contributed by atoms with E-state index in [-0.39, 0.29) is 18.2 Å². The van der Waals surface area contributed by atoms with E-state index < -0.39 is 17.6 Å². The van der Waals surface area contributed by atoms with E-state index in [1.165, 1.54) is 23.4 Å². The normalized spacial score (nSPS) is 11.0. The number of hydrogen-bond acceptors (Lipinski definition) is 2. The van der Waals surface area contributed by atoms with Gasteiger partial charge < -0.3 is 10.6 Å². The molecule has 0 aliphatic carbocycles. The van der Waals surface area contributed by atoms with Crippen molar-refractivity contribution in [3.8, 4) is 0 Å². The maximum absolute atomic E-state index is 11.6. The van der Waals surface area contributed by atoms with Gasteiger partial charge in [-0.3, -0.25) is 9.59 Å². The molecule has 0 spiro atoms. The van der Waals surface area contributed by atoms with Gasteiger partial charge in [0.2, 0.25) is 11.8 Å². The molecule has 23 heavy (non-hydrogen) atoms. The van der Waals surface area contributed by atoms with Crippen LogP contribution >= 0.6 is 0 Å². The molecule has 0 aromatic rings. The van der Waals surface area contributed by atoms with Crippen LogP contribution in [0.15, 0.2) is 0 Å². The van der Waals surface area contributed by atoms with E-state index >= 15 is 0 Å². The third kappa shape index (κ3) is 18.0. The van der Waals surface area contributed by atoms with Gasteiger partial charge in [-0.25, -0.2) is 0 Å². The highest BCUT2D eigenvalue weighted by atomic mass is 28.3. The first-order chi connectivity index (χ1) is 10.9. The van der Waals surface area contributed by atoms with Crippen LogP contribution in [0.5, 0.6) is 0 Å². The summed E-state index contributed by atoms with van der Waals surface area (Å²) in [6, 6.07) is 2.41. The molecule has 0 rings (SSSR count). The molecular weight excluding hydrogens is 353 g/mol. The Morgan fingerprint density at radius 2 is 1.17 bits per heavy atom. The largest absolute Gasteiger partial charge is 0.356 e. The number of carbonyl (C=O) groups excluding carboxylic acids is 2. The summed E-state index contributed by atoms with van der Waals surface area (Å²) in [5, 5.41) is 5.69. The summed E-state index contributed by atoms with van der Waals surface area (Å²) in [5.74, 6) is -0.284. The van der Waals surface area contributed by atoms with E-state index in [0.29, 0.717) is 13.1 Å². The topological polar surface area (TPSA) is 58.2 Å². The van der Waals surface area contributed by atoms with Gasteiger partial charge in [0.05, 0.1) is 0 Å². The van der Waals surface area contributed by atoms with Crippen LogP contribution in [0.2, 0.25) is 49.6 Å². The van der Waals surface area contributed by atoms with Crippen molar-refractivity contribution in [3.63, 3.8) is 0 Å². The van der Waals surface area contributed by atoms with Crippen LogP contribution in [-0.4, -0.2) is 61.5 Å². The molecule has 0 aromatic carbocycles. The zero-order valence-corrected chi connectivity index (χ0v) is 19.6. The molecule has 8 heteroatoms. The Bertz CT molecular complexity index is 299. The molecule has 0 saturated heterocycles. The SMILES string of the molecule is C[SiH](C)C[Si]CCCNC(=O)CC(=O)NCCC[Si]C[SiH](C)C. The molecule has 0 aliphatic rings. The highest BCUT2D eigenvalue weighted by Gasteiger charge is 2.08. The lowest BCUT2D eigenvalue weighted by molar-refractivity contribution is -0.129. The lowest BCUT2D eigenvalue weighted by Crippen LogP contribution is -2.33. The van der Waals surface area contributed by atoms with Gasteiger partial charge >= 0.3 is 0 Å². The highest BCUT2D eigenvalue weighted by molar-refractivity contribution is 6.68. The molecule has 2 amide bonds. The number of hydrogen-bond donors (Lipinski definition) is 2. The Hall–Kier alpha value is -0.192. The van der Waals surface area contributed by atoms with Gasteiger partial charge in [0.25, 0.3) is 0 Å². The van der Waals surface area contributed by atoms with Crippen molar-refractivity contribution in [1.29, 1.82) is 0 Å². The number of nitrogens with one attached hydrogen (secondary N) is 2. The molecule has 0 saturated carbocycles. The van der Waals surface area contributed by atoms with E-state index in [0.717, 1.165) is 31.9 Å². The smallest absolute Gasteiger partial charge is 0.229 e. The molecule has 0 atom stereocenters. The first-order valence-corrected chi connectivity index (χ1v) is 17.9. The Balaban J connectivity index is 3.43. The predicted octanol–water partition coefficient (Wildman–Crippen LogP) is 1.52. The molecule has 0 aliphatic heterocycles. The van der Waals surface area contributed by atoms with E-state index in [9.17, 15) is 9.59 Å². The van der Waals surface area contributed by atoms with Crippen molar-refractivity contribution in [2.75, 3.05) is 13.1 Å². The van der Waals surface area contributed by atoms with Crippen LogP contribution in [0.1, 0.15) is 19.3 Å². The highest BCUT2D eigenvalue weighted by Crippen LogP contribution is 1.96. The molecule has 0 bridgehead atoms. The Morgan fingerprint density at radius 1 is 0.783 bits per heavy atom. The molecule has 0 heterocycles. The molecule has 0 fully saturated rings. The van der Waals surface area contributed by atoms with E-state index in [2.05, 4.69) is 36.8 Å².